The third kappa shape index (κ3) is 3.62. The van der Waals surface area contributed by atoms with Gasteiger partial charge in [0.1, 0.15) is 35.4 Å². The first-order valence-electron chi connectivity index (χ1n) is 9.22. The maximum atomic E-state index is 12.8. The Morgan fingerprint density at radius 2 is 2.20 bits per heavy atom. The zero-order valence-corrected chi connectivity index (χ0v) is 17.5. The Kier molecular flexibility index (Phi) is 5.39. The second kappa shape index (κ2) is 7.61. The molecule has 0 bridgehead atoms. The van der Waals surface area contributed by atoms with E-state index in [1.165, 1.54) is 31.1 Å². The highest BCUT2D eigenvalue weighted by molar-refractivity contribution is 7.51. The molecule has 13 nitrogen and oxygen atoms in total. The molecule has 0 aliphatic carbocycles. The van der Waals surface area contributed by atoms with Gasteiger partial charge in [-0.15, -0.1) is 0 Å². The number of nitrogens with one attached hydrogen (secondary N) is 1. The maximum Gasteiger partial charge on any atom is 0.408 e. The van der Waals surface area contributed by atoms with Crippen molar-refractivity contribution in [3.8, 4) is 0 Å². The number of hydrogen-bond donors (Lipinski definition) is 3. The molecule has 2 aromatic rings. The van der Waals surface area contributed by atoms with Crippen molar-refractivity contribution in [3.05, 3.63) is 12.7 Å². The van der Waals surface area contributed by atoms with Crippen LogP contribution in [0.4, 0.5) is 5.82 Å². The van der Waals surface area contributed by atoms with Gasteiger partial charge in [-0.25, -0.2) is 24.6 Å². The molecule has 0 radical (unpaired) electrons. The predicted molar refractivity (Wildman–Crippen MR) is 102 cm³/mol. The summed E-state index contributed by atoms with van der Waals surface area (Å²) in [6.07, 6.45) is 0.129. The Balaban J connectivity index is 1.58. The van der Waals surface area contributed by atoms with Gasteiger partial charge in [-0.3, -0.25) is 18.4 Å². The molecule has 2 aromatic heterocycles. The van der Waals surface area contributed by atoms with Crippen molar-refractivity contribution in [1.29, 1.82) is 0 Å². The SMILES string of the molecule is CC(=O)C(C)NP1(=O)OCOC2[C@@H](CO1)O[C@@H](n1cnc3c(N)ncnc31)[C@@]2(C)O. The molecule has 0 saturated carbocycles. The molecule has 4 heterocycles. The smallest absolute Gasteiger partial charge is 0.383 e. The molecule has 164 valence electrons. The van der Waals surface area contributed by atoms with Gasteiger partial charge in [0.25, 0.3) is 0 Å². The lowest BCUT2D eigenvalue weighted by atomic mass is 9.96. The van der Waals surface area contributed by atoms with E-state index >= 15 is 0 Å². The minimum atomic E-state index is -3.82. The Morgan fingerprint density at radius 1 is 1.43 bits per heavy atom. The summed E-state index contributed by atoms with van der Waals surface area (Å²) in [5.74, 6) is -0.0337. The molecule has 14 heteroatoms. The maximum absolute atomic E-state index is 12.8. The van der Waals surface area contributed by atoms with Crippen LogP contribution in [0.2, 0.25) is 0 Å². The molecular formula is C16H23N6O7P. The summed E-state index contributed by atoms with van der Waals surface area (Å²) in [6, 6.07) is -0.742. The average molecular weight is 442 g/mol. The van der Waals surface area contributed by atoms with Crippen LogP contribution in [0.1, 0.15) is 27.0 Å². The monoisotopic (exact) mass is 442 g/mol. The summed E-state index contributed by atoms with van der Waals surface area (Å²) in [5, 5.41) is 13.8. The first-order chi connectivity index (χ1) is 14.1. The molecular weight excluding hydrogens is 419 g/mol. The predicted octanol–water partition coefficient (Wildman–Crippen LogP) is 0.122. The van der Waals surface area contributed by atoms with Crippen molar-refractivity contribution < 1.29 is 33.0 Å². The van der Waals surface area contributed by atoms with Crippen LogP contribution < -0.4 is 10.8 Å². The van der Waals surface area contributed by atoms with Crippen molar-refractivity contribution in [3.63, 3.8) is 0 Å². The van der Waals surface area contributed by atoms with E-state index in [1.54, 1.807) is 6.92 Å². The Hall–Kier alpha value is -1.99. The van der Waals surface area contributed by atoms with E-state index < -0.39 is 44.6 Å². The van der Waals surface area contributed by atoms with Gasteiger partial charge in [0, 0.05) is 0 Å². The molecule has 2 aliphatic rings. The number of nitrogens with zero attached hydrogens (tertiary/aromatic N) is 4. The first kappa shape index (κ1) is 21.2. The minimum absolute atomic E-state index is 0.196. The topological polar surface area (TPSA) is 173 Å². The van der Waals surface area contributed by atoms with E-state index in [0.29, 0.717) is 11.2 Å². The van der Waals surface area contributed by atoms with E-state index in [-0.39, 0.29) is 18.2 Å². The highest BCUT2D eigenvalue weighted by atomic mass is 31.2. The average Bonchev–Trinajstić information content (AvgIpc) is 3.18. The fourth-order valence-corrected chi connectivity index (χ4v) is 4.89. The van der Waals surface area contributed by atoms with Gasteiger partial charge in [0.2, 0.25) is 0 Å². The summed E-state index contributed by atoms with van der Waals surface area (Å²) in [5.41, 5.74) is 5.04. The summed E-state index contributed by atoms with van der Waals surface area (Å²) in [4.78, 5) is 23.7. The van der Waals surface area contributed by atoms with Crippen LogP contribution in [-0.4, -0.2) is 67.7 Å². The standard InChI is InChI=1S/C16H23N6O7P/c1-8(9(2)23)21-30(25)27-4-10-12(26-7-28-30)16(3,24)15(29-10)22-6-20-11-13(17)18-5-19-14(11)22/h5-6,8,10,12,15,24H,4,7H2,1-3H3,(H,21,25)(H2,17,18,19)/t8?,10-,12?,15-,16+,30?/m1/s1. The number of rotatable bonds is 4. The van der Waals surface area contributed by atoms with Gasteiger partial charge in [-0.2, -0.15) is 0 Å². The van der Waals surface area contributed by atoms with E-state index in [4.69, 9.17) is 24.3 Å². The van der Waals surface area contributed by atoms with Crippen molar-refractivity contribution in [2.45, 2.75) is 50.8 Å². The van der Waals surface area contributed by atoms with Crippen LogP contribution >= 0.6 is 7.75 Å². The second-order valence-electron chi connectivity index (χ2n) is 7.42. The molecule has 0 spiro atoms. The zero-order chi connectivity index (χ0) is 21.7. The zero-order valence-electron chi connectivity index (χ0n) is 16.6. The van der Waals surface area contributed by atoms with Gasteiger partial charge >= 0.3 is 7.75 Å². The van der Waals surface area contributed by atoms with Crippen molar-refractivity contribution in [2.75, 3.05) is 19.1 Å². The Morgan fingerprint density at radius 3 is 2.93 bits per heavy atom. The van der Waals surface area contributed by atoms with Crippen LogP contribution in [0.5, 0.6) is 0 Å². The first-order valence-corrected chi connectivity index (χ1v) is 10.8. The highest BCUT2D eigenvalue weighted by Gasteiger charge is 2.56. The van der Waals surface area contributed by atoms with Crippen LogP contribution in [0.15, 0.2) is 12.7 Å². The molecule has 0 amide bonds. The molecule has 30 heavy (non-hydrogen) atoms. The Bertz CT molecular complexity index is 1010. The number of ether oxygens (including phenoxy) is 2. The number of aromatic nitrogens is 4. The minimum Gasteiger partial charge on any atom is -0.383 e. The number of nitrogens with two attached hydrogens (primary N) is 1. The van der Waals surface area contributed by atoms with Gasteiger partial charge in [0.05, 0.1) is 19.0 Å². The molecule has 2 fully saturated rings. The normalized spacial score (nSPS) is 35.5. The lowest BCUT2D eigenvalue weighted by molar-refractivity contribution is -0.144. The third-order valence-electron chi connectivity index (χ3n) is 5.20. The fourth-order valence-electron chi connectivity index (χ4n) is 3.47. The van der Waals surface area contributed by atoms with E-state index in [1.807, 2.05) is 0 Å². The lowest BCUT2D eigenvalue weighted by Gasteiger charge is -2.32. The number of anilines is 1. The Labute approximate surface area is 171 Å². The van der Waals surface area contributed by atoms with Crippen molar-refractivity contribution in [2.24, 2.45) is 0 Å². The number of carbonyl (C=O) groups is 1. The number of ketones is 1. The number of hydrogen-bond acceptors (Lipinski definition) is 11. The number of carbonyl (C=O) groups excluding carboxylic acids is 1. The van der Waals surface area contributed by atoms with E-state index in [2.05, 4.69) is 20.0 Å². The number of Topliss-reactive ketones (excluding diaryl/α,β-unsaturated/α-hetero) is 1. The van der Waals surface area contributed by atoms with Gasteiger partial charge in [0.15, 0.2) is 24.5 Å². The van der Waals surface area contributed by atoms with Gasteiger partial charge < -0.3 is 20.3 Å². The molecule has 4 rings (SSSR count). The second-order valence-corrected chi connectivity index (χ2v) is 9.19. The summed E-state index contributed by atoms with van der Waals surface area (Å²) in [6.45, 7) is 3.78. The fraction of sp³-hybridized carbons (Fsp3) is 0.625. The molecule has 4 N–H and O–H groups in total. The summed E-state index contributed by atoms with van der Waals surface area (Å²) < 4.78 is 36.7. The largest absolute Gasteiger partial charge is 0.408 e. The molecule has 0 aromatic carbocycles. The van der Waals surface area contributed by atoms with Gasteiger partial charge in [-0.05, 0) is 20.8 Å². The number of aliphatic hydroxyl groups is 1. The van der Waals surface area contributed by atoms with Crippen LogP contribution in [-0.2, 0) is 27.9 Å². The summed E-state index contributed by atoms with van der Waals surface area (Å²) in [7, 11) is -3.82. The van der Waals surface area contributed by atoms with Crippen LogP contribution in [0.3, 0.4) is 0 Å². The number of fused-ring (bicyclic) bond motifs is 2. The van der Waals surface area contributed by atoms with Crippen LogP contribution in [0.25, 0.3) is 11.2 Å². The number of nitrogen functional groups attached to an aromatic ring is 1. The van der Waals surface area contributed by atoms with Gasteiger partial charge in [-0.1, -0.05) is 0 Å². The van der Waals surface area contributed by atoms with E-state index in [0.717, 1.165) is 0 Å². The van der Waals surface area contributed by atoms with Crippen LogP contribution in [0, 0.1) is 0 Å². The van der Waals surface area contributed by atoms with Crippen molar-refractivity contribution >= 4 is 30.5 Å². The summed E-state index contributed by atoms with van der Waals surface area (Å²) >= 11 is 0. The molecule has 6 atom stereocenters. The van der Waals surface area contributed by atoms with E-state index in [9.17, 15) is 14.5 Å². The molecule has 2 saturated heterocycles. The molecule has 3 unspecified atom stereocenters. The number of imidazole rings is 1. The highest BCUT2D eigenvalue weighted by Crippen LogP contribution is 2.49. The lowest BCUT2D eigenvalue weighted by Crippen LogP contribution is -2.47. The molecule has 2 aliphatic heterocycles. The third-order valence-corrected chi connectivity index (χ3v) is 6.84. The quantitative estimate of drug-likeness (QED) is 0.547. The van der Waals surface area contributed by atoms with Crippen molar-refractivity contribution in [1.82, 2.24) is 24.6 Å².